The van der Waals surface area contributed by atoms with E-state index in [1.807, 2.05) is 0 Å². The number of hydrogen-bond acceptors (Lipinski definition) is 0. The third-order valence-electron chi connectivity index (χ3n) is 2.09. The molecule has 0 aliphatic rings. The van der Waals surface area contributed by atoms with Crippen LogP contribution in [0.5, 0.6) is 0 Å². The average molecular weight is 303 g/mol. The van der Waals surface area contributed by atoms with Gasteiger partial charge in [-0.05, 0) is 24.6 Å². The second-order valence-electron chi connectivity index (χ2n) is 3.23. The predicted molar refractivity (Wildman–Crippen MR) is 57.3 cm³/mol. The summed E-state index contributed by atoms with van der Waals surface area (Å²) in [6.07, 6.45) is 5.58. The van der Waals surface area contributed by atoms with Crippen LogP contribution in [0.4, 0.5) is 5.69 Å². The highest BCUT2D eigenvalue weighted by molar-refractivity contribution is 5.27. The molecule has 0 saturated carbocycles. The SMILES string of the molecule is CCC=CC[NH+](C)c1ccccc1.[I-]. The highest BCUT2D eigenvalue weighted by atomic mass is 127. The van der Waals surface area contributed by atoms with Crippen LogP contribution in [0.3, 0.4) is 0 Å². The topological polar surface area (TPSA) is 4.44 Å². The third-order valence-corrected chi connectivity index (χ3v) is 2.09. The lowest BCUT2D eigenvalue weighted by Crippen LogP contribution is -3.03. The maximum absolute atomic E-state index is 2.24. The Labute approximate surface area is 104 Å². The number of nitrogens with one attached hydrogen (secondary N) is 1. The number of halogens is 1. The summed E-state index contributed by atoms with van der Waals surface area (Å²) in [5.74, 6) is 0. The smallest absolute Gasteiger partial charge is 0.131 e. The van der Waals surface area contributed by atoms with Gasteiger partial charge >= 0.3 is 0 Å². The lowest BCUT2D eigenvalue weighted by molar-refractivity contribution is -0.803. The Bertz CT molecular complexity index is 256. The molecular weight excluding hydrogens is 285 g/mol. The van der Waals surface area contributed by atoms with Gasteiger partial charge in [-0.15, -0.1) is 0 Å². The highest BCUT2D eigenvalue weighted by Gasteiger charge is 2.00. The van der Waals surface area contributed by atoms with Crippen molar-refractivity contribution >= 4 is 5.69 Å². The van der Waals surface area contributed by atoms with Gasteiger partial charge in [-0.25, -0.2) is 0 Å². The lowest BCUT2D eigenvalue weighted by atomic mass is 10.3. The molecule has 78 valence electrons. The molecule has 0 fully saturated rings. The van der Waals surface area contributed by atoms with E-state index in [9.17, 15) is 0 Å². The van der Waals surface area contributed by atoms with Gasteiger partial charge in [0, 0.05) is 0 Å². The Hall–Kier alpha value is -0.350. The van der Waals surface area contributed by atoms with E-state index >= 15 is 0 Å². The van der Waals surface area contributed by atoms with E-state index in [1.54, 1.807) is 0 Å². The van der Waals surface area contributed by atoms with Gasteiger partial charge in [0.2, 0.25) is 0 Å². The fourth-order valence-corrected chi connectivity index (χ4v) is 1.27. The summed E-state index contributed by atoms with van der Waals surface area (Å²) >= 11 is 0. The van der Waals surface area contributed by atoms with Crippen molar-refractivity contribution in [1.82, 2.24) is 0 Å². The third kappa shape index (κ3) is 4.77. The normalized spacial score (nSPS) is 12.4. The van der Waals surface area contributed by atoms with E-state index in [-0.39, 0.29) is 24.0 Å². The second-order valence-corrected chi connectivity index (χ2v) is 3.23. The van der Waals surface area contributed by atoms with Crippen LogP contribution in [0, 0.1) is 0 Å². The molecule has 1 aromatic carbocycles. The minimum absolute atomic E-state index is 0. The summed E-state index contributed by atoms with van der Waals surface area (Å²) in [7, 11) is 2.19. The molecule has 2 heteroatoms. The van der Waals surface area contributed by atoms with Crippen LogP contribution >= 0.6 is 0 Å². The molecule has 0 heterocycles. The zero-order valence-electron chi connectivity index (χ0n) is 8.83. The molecule has 0 aliphatic carbocycles. The molecule has 1 atom stereocenters. The van der Waals surface area contributed by atoms with Crippen molar-refractivity contribution in [1.29, 1.82) is 0 Å². The quantitative estimate of drug-likeness (QED) is 0.527. The maximum Gasteiger partial charge on any atom is 0.131 e. The van der Waals surface area contributed by atoms with Crippen molar-refractivity contribution < 1.29 is 28.9 Å². The van der Waals surface area contributed by atoms with Crippen LogP contribution < -0.4 is 28.9 Å². The number of hydrogen-bond donors (Lipinski definition) is 1. The summed E-state index contributed by atoms with van der Waals surface area (Å²) in [4.78, 5) is 1.44. The van der Waals surface area contributed by atoms with E-state index in [0.29, 0.717) is 0 Å². The summed E-state index contributed by atoms with van der Waals surface area (Å²) in [5.41, 5.74) is 1.35. The highest BCUT2D eigenvalue weighted by Crippen LogP contribution is 1.97. The number of likely N-dealkylation sites (N-methyl/N-ethyl adjacent to an activating group) is 1. The minimum Gasteiger partial charge on any atom is -1.00 e. The molecule has 0 radical (unpaired) electrons. The Morgan fingerprint density at radius 2 is 1.79 bits per heavy atom. The molecule has 1 N–H and O–H groups in total. The van der Waals surface area contributed by atoms with Gasteiger partial charge in [-0.2, -0.15) is 0 Å². The van der Waals surface area contributed by atoms with Crippen LogP contribution in [-0.2, 0) is 0 Å². The zero-order valence-corrected chi connectivity index (χ0v) is 11.0. The van der Waals surface area contributed by atoms with E-state index in [1.165, 1.54) is 10.6 Å². The lowest BCUT2D eigenvalue weighted by Gasteiger charge is -2.10. The molecule has 1 unspecified atom stereocenters. The van der Waals surface area contributed by atoms with Crippen LogP contribution in [0.1, 0.15) is 13.3 Å². The van der Waals surface area contributed by atoms with Gasteiger partial charge in [0.05, 0.1) is 7.05 Å². The molecule has 1 nitrogen and oxygen atoms in total. The fourth-order valence-electron chi connectivity index (χ4n) is 1.27. The van der Waals surface area contributed by atoms with Crippen molar-refractivity contribution in [2.45, 2.75) is 13.3 Å². The first kappa shape index (κ1) is 13.7. The van der Waals surface area contributed by atoms with E-state index in [2.05, 4.69) is 56.5 Å². The minimum atomic E-state index is 0. The molecule has 0 aromatic heterocycles. The summed E-state index contributed by atoms with van der Waals surface area (Å²) in [6.45, 7) is 3.23. The first-order chi connectivity index (χ1) is 6.34. The predicted octanol–water partition coefficient (Wildman–Crippen LogP) is -1.20. The Balaban J connectivity index is 0.00000169. The van der Waals surface area contributed by atoms with Crippen molar-refractivity contribution in [3.05, 3.63) is 42.5 Å². The van der Waals surface area contributed by atoms with Crippen LogP contribution in [0.25, 0.3) is 0 Å². The zero-order chi connectivity index (χ0) is 9.52. The van der Waals surface area contributed by atoms with Gasteiger partial charge in [-0.3, -0.25) is 0 Å². The van der Waals surface area contributed by atoms with Gasteiger partial charge in [-0.1, -0.05) is 31.2 Å². The van der Waals surface area contributed by atoms with Crippen LogP contribution in [0.2, 0.25) is 0 Å². The molecule has 1 aromatic rings. The largest absolute Gasteiger partial charge is 1.00 e. The van der Waals surface area contributed by atoms with E-state index in [4.69, 9.17) is 0 Å². The Morgan fingerprint density at radius 1 is 1.14 bits per heavy atom. The first-order valence-electron chi connectivity index (χ1n) is 4.87. The number of rotatable bonds is 4. The van der Waals surface area contributed by atoms with E-state index in [0.717, 1.165) is 13.0 Å². The standard InChI is InChI=1S/C12H17N.HI/c1-3-4-8-11-13(2)12-9-6-5-7-10-12;/h4-10H,3,11H2,1-2H3;1H. The fraction of sp³-hybridized carbons (Fsp3) is 0.333. The van der Waals surface area contributed by atoms with Crippen molar-refractivity contribution in [2.24, 2.45) is 0 Å². The van der Waals surface area contributed by atoms with Crippen LogP contribution in [-0.4, -0.2) is 13.6 Å². The summed E-state index contributed by atoms with van der Waals surface area (Å²) in [5, 5.41) is 0. The number of quaternary nitrogens is 1. The van der Waals surface area contributed by atoms with E-state index < -0.39 is 0 Å². The van der Waals surface area contributed by atoms with Crippen molar-refractivity contribution in [3.63, 3.8) is 0 Å². The monoisotopic (exact) mass is 303 g/mol. The maximum atomic E-state index is 2.24. The second kappa shape index (κ2) is 8.00. The molecule has 14 heavy (non-hydrogen) atoms. The van der Waals surface area contributed by atoms with Gasteiger partial charge in [0.15, 0.2) is 0 Å². The summed E-state index contributed by atoms with van der Waals surface area (Å²) in [6, 6.07) is 10.5. The van der Waals surface area contributed by atoms with Crippen LogP contribution in [0.15, 0.2) is 42.5 Å². The molecule has 1 rings (SSSR count). The molecule has 0 saturated heterocycles. The molecule has 0 spiro atoms. The molecule has 0 aliphatic heterocycles. The molecular formula is C12H18IN. The summed E-state index contributed by atoms with van der Waals surface area (Å²) < 4.78 is 0. The number of benzene rings is 1. The average Bonchev–Trinajstić information content (AvgIpc) is 2.19. The van der Waals surface area contributed by atoms with Crippen molar-refractivity contribution in [2.75, 3.05) is 13.6 Å². The Morgan fingerprint density at radius 3 is 2.36 bits per heavy atom. The molecule has 0 amide bonds. The van der Waals surface area contributed by atoms with Gasteiger partial charge in [0.1, 0.15) is 12.2 Å². The number of allylic oxidation sites excluding steroid dienone is 1. The van der Waals surface area contributed by atoms with Gasteiger partial charge in [0.25, 0.3) is 0 Å². The number of para-hydroxylation sites is 1. The Kier molecular flexibility index (Phi) is 7.80. The molecule has 0 bridgehead atoms. The first-order valence-corrected chi connectivity index (χ1v) is 4.87. The van der Waals surface area contributed by atoms with Gasteiger partial charge < -0.3 is 28.9 Å². The van der Waals surface area contributed by atoms with Crippen molar-refractivity contribution in [3.8, 4) is 0 Å².